The predicted molar refractivity (Wildman–Crippen MR) is 146 cm³/mol. The molecule has 0 spiro atoms. The molecule has 2 aromatic rings. The van der Waals surface area contributed by atoms with Crippen molar-refractivity contribution in [2.75, 3.05) is 45.9 Å². The van der Waals surface area contributed by atoms with E-state index in [1.807, 2.05) is 27.8 Å². The molecule has 0 bridgehead atoms. The summed E-state index contributed by atoms with van der Waals surface area (Å²) in [4.78, 5) is 56.6. The number of amides is 4. The van der Waals surface area contributed by atoms with Crippen LogP contribution in [-0.2, 0) is 32.1 Å². The number of likely N-dealkylation sites (tertiary alicyclic amines) is 1. The third-order valence-corrected chi connectivity index (χ3v) is 8.56. The fraction of sp³-hybridized carbons (Fsp3) is 0.500. The third kappa shape index (κ3) is 5.37. The van der Waals surface area contributed by atoms with Gasteiger partial charge in [-0.3, -0.25) is 24.1 Å². The van der Waals surface area contributed by atoms with Crippen molar-refractivity contribution in [3.63, 3.8) is 0 Å². The largest absolute Gasteiger partial charge is 0.378 e. The molecule has 4 amide bonds. The second kappa shape index (κ2) is 11.3. The predicted octanol–water partition coefficient (Wildman–Crippen LogP) is 3.36. The number of morpholine rings is 1. The number of rotatable bonds is 6. The van der Waals surface area contributed by atoms with E-state index in [1.54, 1.807) is 11.0 Å². The van der Waals surface area contributed by atoms with Crippen molar-refractivity contribution in [1.29, 1.82) is 0 Å². The summed E-state index contributed by atoms with van der Waals surface area (Å²) >= 11 is 0.849. The highest BCUT2D eigenvalue weighted by molar-refractivity contribution is 8.18. The molecule has 3 aliphatic rings. The van der Waals surface area contributed by atoms with Crippen molar-refractivity contribution < 1.29 is 23.9 Å². The van der Waals surface area contributed by atoms with E-state index in [1.165, 1.54) is 0 Å². The van der Waals surface area contributed by atoms with Crippen LogP contribution in [0.5, 0.6) is 0 Å². The Hall–Kier alpha value is -3.11. The lowest BCUT2D eigenvalue weighted by molar-refractivity contribution is -0.139. The lowest BCUT2D eigenvalue weighted by Crippen LogP contribution is -2.46. The molecule has 10 heteroatoms. The molecule has 3 saturated heterocycles. The van der Waals surface area contributed by atoms with Gasteiger partial charge in [-0.05, 0) is 48.6 Å². The lowest BCUT2D eigenvalue weighted by atomic mass is 9.99. The smallest absolute Gasteiger partial charge is 0.294 e. The van der Waals surface area contributed by atoms with Crippen LogP contribution < -0.4 is 0 Å². The molecule has 0 saturated carbocycles. The number of fused-ring (bicyclic) bond motifs is 1. The first-order chi connectivity index (χ1) is 18.4. The van der Waals surface area contributed by atoms with Crippen LogP contribution in [0.3, 0.4) is 0 Å². The monoisotopic (exact) mass is 538 g/mol. The number of thioether (sulfide) groups is 1. The zero-order chi connectivity index (χ0) is 26.8. The highest BCUT2D eigenvalue weighted by atomic mass is 32.2. The van der Waals surface area contributed by atoms with Gasteiger partial charge in [-0.1, -0.05) is 32.0 Å². The quantitative estimate of drug-likeness (QED) is 0.524. The number of carbonyl (C=O) groups excluding carboxylic acids is 4. The molecule has 3 aliphatic heterocycles. The minimum atomic E-state index is -0.465. The number of benzene rings is 1. The van der Waals surface area contributed by atoms with Gasteiger partial charge in [-0.15, -0.1) is 0 Å². The number of carbonyl (C=O) groups is 4. The lowest BCUT2D eigenvalue weighted by Gasteiger charge is -2.30. The summed E-state index contributed by atoms with van der Waals surface area (Å²) in [6.07, 6.45) is 6.47. The Kier molecular flexibility index (Phi) is 7.90. The Morgan fingerprint density at radius 3 is 2.42 bits per heavy atom. The van der Waals surface area contributed by atoms with Gasteiger partial charge in [0, 0.05) is 43.3 Å². The molecule has 202 valence electrons. The van der Waals surface area contributed by atoms with Gasteiger partial charge in [-0.2, -0.15) is 0 Å². The van der Waals surface area contributed by atoms with Crippen molar-refractivity contribution in [2.24, 2.45) is 5.92 Å². The first-order valence-corrected chi connectivity index (χ1v) is 14.2. The highest BCUT2D eigenvalue weighted by Crippen LogP contribution is 2.35. The Bertz CT molecular complexity index is 1290. The Morgan fingerprint density at radius 2 is 1.71 bits per heavy atom. The van der Waals surface area contributed by atoms with Crippen LogP contribution in [0.15, 0.2) is 29.3 Å². The minimum absolute atomic E-state index is 0.0909. The van der Waals surface area contributed by atoms with Crippen LogP contribution in [-0.4, -0.2) is 88.2 Å². The zero-order valence-corrected chi connectivity index (χ0v) is 22.8. The summed E-state index contributed by atoms with van der Waals surface area (Å²) in [5.41, 5.74) is 2.87. The molecule has 4 heterocycles. The number of piperidine rings is 1. The number of hydrogen-bond donors (Lipinski definition) is 0. The Morgan fingerprint density at radius 1 is 1.03 bits per heavy atom. The average Bonchev–Trinajstić information content (AvgIpc) is 3.41. The van der Waals surface area contributed by atoms with E-state index >= 15 is 0 Å². The maximum absolute atomic E-state index is 13.2. The first kappa shape index (κ1) is 26.5. The molecule has 0 unspecified atom stereocenters. The van der Waals surface area contributed by atoms with Crippen molar-refractivity contribution in [1.82, 2.24) is 19.3 Å². The normalized spacial score (nSPS) is 20.3. The summed E-state index contributed by atoms with van der Waals surface area (Å²) in [6, 6.07) is 6.01. The summed E-state index contributed by atoms with van der Waals surface area (Å²) in [7, 11) is 0. The summed E-state index contributed by atoms with van der Waals surface area (Å²) in [5.74, 6) is 0.0109. The Balaban J connectivity index is 1.40. The molecular formula is C28H34N4O5S. The fourth-order valence-corrected chi connectivity index (χ4v) is 6.15. The number of hydrogen-bond acceptors (Lipinski definition) is 6. The van der Waals surface area contributed by atoms with Crippen molar-refractivity contribution >= 4 is 51.7 Å². The number of ether oxygens (including phenoxy) is 1. The molecule has 0 radical (unpaired) electrons. The molecule has 1 aromatic carbocycles. The molecular weight excluding hydrogens is 504 g/mol. The zero-order valence-electron chi connectivity index (χ0n) is 22.0. The van der Waals surface area contributed by atoms with Gasteiger partial charge >= 0.3 is 0 Å². The van der Waals surface area contributed by atoms with Gasteiger partial charge in [0.25, 0.3) is 11.1 Å². The molecule has 9 nitrogen and oxygen atoms in total. The molecule has 1 aromatic heterocycles. The van der Waals surface area contributed by atoms with Crippen molar-refractivity contribution in [3.8, 4) is 0 Å². The van der Waals surface area contributed by atoms with Crippen LogP contribution >= 0.6 is 11.8 Å². The number of nitrogens with zero attached hydrogens (tertiary/aromatic N) is 4. The number of imide groups is 1. The van der Waals surface area contributed by atoms with Crippen LogP contribution in [0.2, 0.25) is 0 Å². The van der Waals surface area contributed by atoms with Gasteiger partial charge in [0.1, 0.15) is 13.1 Å². The fourth-order valence-electron chi connectivity index (χ4n) is 5.32. The Labute approximate surface area is 226 Å². The topological polar surface area (TPSA) is 92.2 Å². The molecule has 38 heavy (non-hydrogen) atoms. The van der Waals surface area contributed by atoms with Crippen LogP contribution in [0.4, 0.5) is 4.79 Å². The van der Waals surface area contributed by atoms with E-state index in [0.29, 0.717) is 32.2 Å². The minimum Gasteiger partial charge on any atom is -0.378 e. The molecule has 3 fully saturated rings. The maximum Gasteiger partial charge on any atom is 0.294 e. The number of aryl methyl sites for hydroxylation is 1. The van der Waals surface area contributed by atoms with E-state index < -0.39 is 11.1 Å². The second-order valence-electron chi connectivity index (χ2n) is 10.2. The number of aromatic nitrogens is 1. The van der Waals surface area contributed by atoms with Gasteiger partial charge in [-0.25, -0.2) is 0 Å². The SMILES string of the molecule is CCc1cccc2c(/C=C3\SC(=O)N(CC(=O)N4CCOCC4)C3=O)cn(CC(=O)N3CCC(C)CC3)c12. The van der Waals surface area contributed by atoms with E-state index in [0.717, 1.165) is 71.0 Å². The summed E-state index contributed by atoms with van der Waals surface area (Å²) < 4.78 is 7.26. The van der Waals surface area contributed by atoms with Crippen LogP contribution in [0, 0.1) is 5.92 Å². The van der Waals surface area contributed by atoms with Crippen molar-refractivity contribution in [2.45, 2.75) is 39.7 Å². The van der Waals surface area contributed by atoms with Crippen LogP contribution in [0.25, 0.3) is 17.0 Å². The molecule has 0 N–H and O–H groups in total. The number of para-hydroxylation sites is 1. The molecule has 0 aliphatic carbocycles. The maximum atomic E-state index is 13.2. The second-order valence-corrected chi connectivity index (χ2v) is 11.2. The van der Waals surface area contributed by atoms with E-state index in [9.17, 15) is 19.2 Å². The standard InChI is InChI=1S/C28H34N4O5S/c1-3-20-5-4-6-22-21(16-31(26(20)22)17-24(33)29-9-7-19(2)8-10-29)15-23-27(35)32(28(36)38-23)18-25(34)30-11-13-37-14-12-30/h4-6,15-16,19H,3,7-14,17-18H2,1-2H3/b23-15-. The third-order valence-electron chi connectivity index (χ3n) is 7.65. The van der Waals surface area contributed by atoms with Gasteiger partial charge in [0.05, 0.1) is 23.6 Å². The van der Waals surface area contributed by atoms with Gasteiger partial charge in [0.2, 0.25) is 11.8 Å². The van der Waals surface area contributed by atoms with E-state index in [4.69, 9.17) is 4.74 Å². The highest BCUT2D eigenvalue weighted by Gasteiger charge is 2.37. The van der Waals surface area contributed by atoms with Crippen molar-refractivity contribution in [3.05, 3.63) is 40.4 Å². The van der Waals surface area contributed by atoms with E-state index in [2.05, 4.69) is 19.9 Å². The van der Waals surface area contributed by atoms with Gasteiger partial charge < -0.3 is 19.1 Å². The molecule has 5 rings (SSSR count). The van der Waals surface area contributed by atoms with Gasteiger partial charge in [0.15, 0.2) is 0 Å². The van der Waals surface area contributed by atoms with E-state index in [-0.39, 0.29) is 29.8 Å². The molecule has 0 atom stereocenters. The summed E-state index contributed by atoms with van der Waals surface area (Å²) in [5, 5.41) is 0.482. The van der Waals surface area contributed by atoms with Crippen LogP contribution in [0.1, 0.15) is 37.8 Å². The first-order valence-electron chi connectivity index (χ1n) is 13.3. The average molecular weight is 539 g/mol. The summed E-state index contributed by atoms with van der Waals surface area (Å²) in [6.45, 7) is 7.65.